The van der Waals surface area contributed by atoms with Gasteiger partial charge in [-0.3, -0.25) is 9.59 Å². The van der Waals surface area contributed by atoms with Crippen molar-refractivity contribution in [2.75, 3.05) is 44.1 Å². The van der Waals surface area contributed by atoms with Crippen LogP contribution < -0.4 is 19.9 Å². The molecule has 6 heteroatoms. The quantitative estimate of drug-likeness (QED) is 0.795. The number of nitrogens with one attached hydrogen (secondary N) is 1. The van der Waals surface area contributed by atoms with Gasteiger partial charge in [0.15, 0.2) is 0 Å². The zero-order chi connectivity index (χ0) is 20.8. The molecule has 1 saturated heterocycles. The van der Waals surface area contributed by atoms with Gasteiger partial charge in [-0.1, -0.05) is 11.8 Å². The molecule has 2 aromatic rings. The van der Waals surface area contributed by atoms with Gasteiger partial charge in [-0.05, 0) is 48.5 Å². The zero-order valence-electron chi connectivity index (χ0n) is 16.9. The number of carbonyl (C=O) groups excluding carboxylic acids is 2. The van der Waals surface area contributed by atoms with Crippen LogP contribution in [0.25, 0.3) is 0 Å². The van der Waals surface area contributed by atoms with Crippen LogP contribution in [-0.2, 0) is 9.59 Å². The number of methoxy groups -OCH3 is 1. The summed E-state index contributed by atoms with van der Waals surface area (Å²) in [5, 5.41) is 2.82. The maximum Gasteiger partial charge on any atom is 0.227 e. The monoisotopic (exact) mass is 391 g/mol. The molecule has 1 heterocycles. The maximum atomic E-state index is 12.4. The van der Waals surface area contributed by atoms with Crippen molar-refractivity contribution >= 4 is 23.2 Å². The van der Waals surface area contributed by atoms with Crippen molar-refractivity contribution in [3.63, 3.8) is 0 Å². The summed E-state index contributed by atoms with van der Waals surface area (Å²) in [6.45, 7) is 0.623. The van der Waals surface area contributed by atoms with Gasteiger partial charge in [0.2, 0.25) is 11.8 Å². The molecule has 0 aromatic heterocycles. The lowest BCUT2D eigenvalue weighted by Crippen LogP contribution is -2.33. The first kappa shape index (κ1) is 20.3. The third-order valence-electron chi connectivity index (χ3n) is 4.85. The third-order valence-corrected chi connectivity index (χ3v) is 4.85. The van der Waals surface area contributed by atoms with E-state index in [-0.39, 0.29) is 30.7 Å². The first-order valence-corrected chi connectivity index (χ1v) is 9.46. The van der Waals surface area contributed by atoms with Gasteiger partial charge in [0.1, 0.15) is 5.75 Å². The topological polar surface area (TPSA) is 61.9 Å². The van der Waals surface area contributed by atoms with Crippen LogP contribution in [0.1, 0.15) is 12.0 Å². The minimum absolute atomic E-state index is 0.0533. The fraction of sp³-hybridized carbons (Fsp3) is 0.304. The molecule has 1 atom stereocenters. The Kier molecular flexibility index (Phi) is 6.40. The Morgan fingerprint density at radius 2 is 1.86 bits per heavy atom. The van der Waals surface area contributed by atoms with Gasteiger partial charge in [0, 0.05) is 44.0 Å². The Morgan fingerprint density at radius 1 is 1.17 bits per heavy atom. The third kappa shape index (κ3) is 5.08. The first-order valence-electron chi connectivity index (χ1n) is 9.46. The van der Waals surface area contributed by atoms with E-state index in [2.05, 4.69) is 17.2 Å². The SMILES string of the molecule is COc1ccc(N2CC(C(=O)NCC#Cc3ccc(N(C)C)cc3)CC2=O)cc1. The summed E-state index contributed by atoms with van der Waals surface area (Å²) in [6.07, 6.45) is 0.206. The van der Waals surface area contributed by atoms with Gasteiger partial charge >= 0.3 is 0 Å². The van der Waals surface area contributed by atoms with Crippen LogP contribution in [0.15, 0.2) is 48.5 Å². The summed E-state index contributed by atoms with van der Waals surface area (Å²) in [6, 6.07) is 15.2. The summed E-state index contributed by atoms with van der Waals surface area (Å²) < 4.78 is 5.14. The number of anilines is 2. The van der Waals surface area contributed by atoms with Crippen LogP contribution in [-0.4, -0.2) is 46.1 Å². The average Bonchev–Trinajstić information content (AvgIpc) is 3.13. The molecule has 0 bridgehead atoms. The number of rotatable bonds is 5. The minimum atomic E-state index is -0.370. The summed E-state index contributed by atoms with van der Waals surface area (Å²) in [5.41, 5.74) is 2.77. The van der Waals surface area contributed by atoms with Crippen molar-refractivity contribution in [2.24, 2.45) is 5.92 Å². The molecular weight excluding hydrogens is 366 g/mol. The van der Waals surface area contributed by atoms with E-state index >= 15 is 0 Å². The van der Waals surface area contributed by atoms with E-state index in [0.29, 0.717) is 6.54 Å². The van der Waals surface area contributed by atoms with Crippen molar-refractivity contribution in [2.45, 2.75) is 6.42 Å². The largest absolute Gasteiger partial charge is 0.497 e. The highest BCUT2D eigenvalue weighted by Gasteiger charge is 2.34. The first-order chi connectivity index (χ1) is 14.0. The Hall–Kier alpha value is -3.46. The fourth-order valence-electron chi connectivity index (χ4n) is 3.16. The summed E-state index contributed by atoms with van der Waals surface area (Å²) >= 11 is 0. The highest BCUT2D eigenvalue weighted by atomic mass is 16.5. The predicted molar refractivity (Wildman–Crippen MR) is 114 cm³/mol. The summed E-state index contributed by atoms with van der Waals surface area (Å²) in [4.78, 5) is 28.4. The molecule has 0 spiro atoms. The lowest BCUT2D eigenvalue weighted by atomic mass is 10.1. The highest BCUT2D eigenvalue weighted by Crippen LogP contribution is 2.26. The van der Waals surface area contributed by atoms with E-state index < -0.39 is 0 Å². The lowest BCUT2D eigenvalue weighted by molar-refractivity contribution is -0.126. The highest BCUT2D eigenvalue weighted by molar-refractivity contribution is 6.00. The maximum absolute atomic E-state index is 12.4. The van der Waals surface area contributed by atoms with Crippen molar-refractivity contribution < 1.29 is 14.3 Å². The normalized spacial score (nSPS) is 15.5. The molecule has 0 saturated carbocycles. The standard InChI is InChI=1S/C23H25N3O3/c1-25(2)19-8-6-17(7-9-19)5-4-14-24-23(28)18-15-22(27)26(16-18)20-10-12-21(29-3)13-11-20/h6-13,18H,14-16H2,1-3H3,(H,24,28). The van der Waals surface area contributed by atoms with Crippen LogP contribution >= 0.6 is 0 Å². The second-order valence-electron chi connectivity index (χ2n) is 7.06. The van der Waals surface area contributed by atoms with E-state index in [1.807, 2.05) is 55.4 Å². The minimum Gasteiger partial charge on any atom is -0.497 e. The van der Waals surface area contributed by atoms with Gasteiger partial charge < -0.3 is 19.9 Å². The van der Waals surface area contributed by atoms with E-state index in [4.69, 9.17) is 4.74 Å². The number of ether oxygens (including phenoxy) is 1. The number of nitrogens with zero attached hydrogens (tertiary/aromatic N) is 2. The molecular formula is C23H25N3O3. The van der Waals surface area contributed by atoms with Gasteiger partial charge in [-0.15, -0.1) is 0 Å². The Balaban J connectivity index is 1.52. The Labute approximate surface area is 171 Å². The summed E-state index contributed by atoms with van der Waals surface area (Å²) in [5.74, 6) is 6.16. The van der Waals surface area contributed by atoms with Crippen molar-refractivity contribution in [1.82, 2.24) is 5.32 Å². The number of amides is 2. The van der Waals surface area contributed by atoms with E-state index in [1.165, 1.54) is 0 Å². The van der Waals surface area contributed by atoms with Crippen LogP contribution in [0.3, 0.4) is 0 Å². The molecule has 150 valence electrons. The fourth-order valence-corrected chi connectivity index (χ4v) is 3.16. The van der Waals surface area contributed by atoms with Crippen molar-refractivity contribution in [1.29, 1.82) is 0 Å². The second kappa shape index (κ2) is 9.16. The van der Waals surface area contributed by atoms with Crippen LogP contribution in [0.2, 0.25) is 0 Å². The van der Waals surface area contributed by atoms with Crippen molar-refractivity contribution in [3.8, 4) is 17.6 Å². The number of carbonyl (C=O) groups is 2. The summed E-state index contributed by atoms with van der Waals surface area (Å²) in [7, 11) is 5.57. The molecule has 2 amide bonds. The van der Waals surface area contributed by atoms with Gasteiger partial charge in [0.05, 0.1) is 19.6 Å². The molecule has 1 unspecified atom stereocenters. The molecule has 1 aliphatic rings. The van der Waals surface area contributed by atoms with Crippen LogP contribution in [0, 0.1) is 17.8 Å². The average molecular weight is 391 g/mol. The Morgan fingerprint density at radius 3 is 2.48 bits per heavy atom. The zero-order valence-corrected chi connectivity index (χ0v) is 16.9. The van der Waals surface area contributed by atoms with Gasteiger partial charge in [-0.2, -0.15) is 0 Å². The number of hydrogen-bond acceptors (Lipinski definition) is 4. The van der Waals surface area contributed by atoms with Gasteiger partial charge in [0.25, 0.3) is 0 Å². The molecule has 2 aromatic carbocycles. The molecule has 1 fully saturated rings. The van der Waals surface area contributed by atoms with E-state index in [9.17, 15) is 9.59 Å². The molecule has 0 aliphatic carbocycles. The number of benzene rings is 2. The molecule has 29 heavy (non-hydrogen) atoms. The molecule has 1 aliphatic heterocycles. The molecule has 0 radical (unpaired) electrons. The lowest BCUT2D eigenvalue weighted by Gasteiger charge is -2.16. The van der Waals surface area contributed by atoms with E-state index in [1.54, 1.807) is 24.1 Å². The van der Waals surface area contributed by atoms with Crippen LogP contribution in [0.4, 0.5) is 11.4 Å². The molecule has 1 N–H and O–H groups in total. The predicted octanol–water partition coefficient (Wildman–Crippen LogP) is 2.28. The molecule has 6 nitrogen and oxygen atoms in total. The number of hydrogen-bond donors (Lipinski definition) is 1. The smallest absolute Gasteiger partial charge is 0.227 e. The second-order valence-corrected chi connectivity index (χ2v) is 7.06. The molecule has 3 rings (SSSR count). The van der Waals surface area contributed by atoms with Crippen LogP contribution in [0.5, 0.6) is 5.75 Å². The van der Waals surface area contributed by atoms with Crippen molar-refractivity contribution in [3.05, 3.63) is 54.1 Å². The van der Waals surface area contributed by atoms with Gasteiger partial charge in [-0.25, -0.2) is 0 Å². The van der Waals surface area contributed by atoms with E-state index in [0.717, 1.165) is 22.7 Å². The Bertz CT molecular complexity index is 925.